The zero-order chi connectivity index (χ0) is 17.9. The molecule has 4 N–H and O–H groups in total. The summed E-state index contributed by atoms with van der Waals surface area (Å²) in [5.74, 6) is 0.588. The van der Waals surface area contributed by atoms with Crippen LogP contribution in [-0.2, 0) is 13.1 Å². The van der Waals surface area contributed by atoms with Crippen molar-refractivity contribution in [2.75, 3.05) is 17.7 Å². The number of fused-ring (bicyclic) bond motifs is 1. The molecule has 26 heavy (non-hydrogen) atoms. The molecular weight excluding hydrogens is 332 g/mol. The third-order valence-corrected chi connectivity index (χ3v) is 3.93. The van der Waals surface area contributed by atoms with Gasteiger partial charge in [-0.15, -0.1) is 0 Å². The molecule has 0 saturated carbocycles. The van der Waals surface area contributed by atoms with Gasteiger partial charge >= 0.3 is 0 Å². The van der Waals surface area contributed by atoms with Crippen LogP contribution in [0.2, 0.25) is 0 Å². The zero-order valence-corrected chi connectivity index (χ0v) is 13.9. The smallest absolute Gasteiger partial charge is 0.153 e. The molecule has 0 aliphatic rings. The van der Waals surface area contributed by atoms with Crippen LogP contribution < -0.4 is 11.1 Å². The summed E-state index contributed by atoms with van der Waals surface area (Å²) < 4.78 is 3.39. The standard InChI is InChI=1S/C17H18N8O/c18-14-2-3-15(12-9-21-24(11-12)7-8-26)22-17(14)20-10-13-1-4-16-19-5-6-25(16)23-13/h1-6,9,11,26H,7-8,10,18H2,(H,20,22). The van der Waals surface area contributed by atoms with Gasteiger partial charge < -0.3 is 16.2 Å². The molecule has 0 bridgehead atoms. The second-order valence-electron chi connectivity index (χ2n) is 5.76. The maximum Gasteiger partial charge on any atom is 0.153 e. The average molecular weight is 350 g/mol. The first kappa shape index (κ1) is 16.0. The third-order valence-electron chi connectivity index (χ3n) is 3.93. The Hall–Kier alpha value is -3.46. The van der Waals surface area contributed by atoms with E-state index in [1.807, 2.05) is 24.4 Å². The number of hydrogen-bond donors (Lipinski definition) is 3. The summed E-state index contributed by atoms with van der Waals surface area (Å²) in [6.07, 6.45) is 7.06. The van der Waals surface area contributed by atoms with Crippen LogP contribution in [0.3, 0.4) is 0 Å². The fourth-order valence-electron chi connectivity index (χ4n) is 2.62. The highest BCUT2D eigenvalue weighted by Gasteiger charge is 2.08. The number of pyridine rings is 1. The first-order valence-electron chi connectivity index (χ1n) is 8.16. The Labute approximate surface area is 149 Å². The topological polar surface area (TPSA) is 119 Å². The van der Waals surface area contributed by atoms with E-state index >= 15 is 0 Å². The molecule has 0 unspecified atom stereocenters. The molecule has 0 radical (unpaired) electrons. The summed E-state index contributed by atoms with van der Waals surface area (Å²) in [5.41, 5.74) is 9.86. The highest BCUT2D eigenvalue weighted by molar-refractivity contribution is 5.68. The number of rotatable bonds is 6. The van der Waals surface area contributed by atoms with E-state index in [1.54, 1.807) is 33.9 Å². The molecule has 0 aliphatic heterocycles. The normalized spacial score (nSPS) is 11.1. The quantitative estimate of drug-likeness (QED) is 0.477. The van der Waals surface area contributed by atoms with Crippen LogP contribution in [0.4, 0.5) is 11.5 Å². The molecule has 0 atom stereocenters. The van der Waals surface area contributed by atoms with E-state index in [0.29, 0.717) is 24.6 Å². The predicted octanol–water partition coefficient (Wildman–Crippen LogP) is 1.17. The van der Waals surface area contributed by atoms with E-state index in [2.05, 4.69) is 25.5 Å². The van der Waals surface area contributed by atoms with Crippen molar-refractivity contribution >= 4 is 17.2 Å². The van der Waals surface area contributed by atoms with E-state index in [4.69, 9.17) is 10.8 Å². The first-order valence-corrected chi connectivity index (χ1v) is 8.16. The van der Waals surface area contributed by atoms with E-state index in [0.717, 1.165) is 22.6 Å². The number of aliphatic hydroxyl groups is 1. The number of aromatic nitrogens is 6. The van der Waals surface area contributed by atoms with E-state index in [-0.39, 0.29) is 6.61 Å². The summed E-state index contributed by atoms with van der Waals surface area (Å²) in [6, 6.07) is 7.47. The molecule has 0 aromatic carbocycles. The highest BCUT2D eigenvalue weighted by Crippen LogP contribution is 2.23. The lowest BCUT2D eigenvalue weighted by Gasteiger charge is -2.09. The fraction of sp³-hybridized carbons (Fsp3) is 0.176. The van der Waals surface area contributed by atoms with Gasteiger partial charge in [-0.2, -0.15) is 10.2 Å². The Bertz CT molecular complexity index is 1040. The average Bonchev–Trinajstić information content (AvgIpc) is 3.30. The van der Waals surface area contributed by atoms with Gasteiger partial charge in [-0.05, 0) is 24.3 Å². The Morgan fingerprint density at radius 1 is 1.19 bits per heavy atom. The number of hydrogen-bond acceptors (Lipinski definition) is 7. The van der Waals surface area contributed by atoms with Gasteiger partial charge in [-0.25, -0.2) is 14.5 Å². The summed E-state index contributed by atoms with van der Waals surface area (Å²) in [7, 11) is 0. The number of nitrogens with two attached hydrogens (primary N) is 1. The Kier molecular flexibility index (Phi) is 4.20. The SMILES string of the molecule is Nc1ccc(-c2cnn(CCO)c2)nc1NCc1ccc2nccn2n1. The number of anilines is 2. The monoisotopic (exact) mass is 350 g/mol. The summed E-state index contributed by atoms with van der Waals surface area (Å²) in [5, 5.41) is 20.9. The van der Waals surface area contributed by atoms with Crippen LogP contribution in [0.1, 0.15) is 5.69 Å². The van der Waals surface area contributed by atoms with Crippen LogP contribution in [0.25, 0.3) is 16.9 Å². The van der Waals surface area contributed by atoms with Crippen molar-refractivity contribution in [2.45, 2.75) is 13.1 Å². The molecule has 132 valence electrons. The molecule has 0 aliphatic carbocycles. The van der Waals surface area contributed by atoms with Gasteiger partial charge in [-0.1, -0.05) is 0 Å². The maximum atomic E-state index is 9.00. The first-order chi connectivity index (χ1) is 12.7. The molecule has 4 aromatic heterocycles. The van der Waals surface area contributed by atoms with Crippen molar-refractivity contribution in [2.24, 2.45) is 0 Å². The van der Waals surface area contributed by atoms with Crippen molar-refractivity contribution in [1.82, 2.24) is 29.4 Å². The van der Waals surface area contributed by atoms with Crippen LogP contribution in [0.5, 0.6) is 0 Å². The van der Waals surface area contributed by atoms with Crippen LogP contribution in [-0.4, -0.2) is 41.1 Å². The lowest BCUT2D eigenvalue weighted by atomic mass is 10.2. The number of nitrogens with one attached hydrogen (secondary N) is 1. The van der Waals surface area contributed by atoms with Gasteiger partial charge in [0.25, 0.3) is 0 Å². The minimum absolute atomic E-state index is 0.0390. The summed E-state index contributed by atoms with van der Waals surface area (Å²) in [6.45, 7) is 0.971. The van der Waals surface area contributed by atoms with E-state index in [1.165, 1.54) is 0 Å². The van der Waals surface area contributed by atoms with Crippen LogP contribution in [0, 0.1) is 0 Å². The van der Waals surface area contributed by atoms with Crippen LogP contribution >= 0.6 is 0 Å². The highest BCUT2D eigenvalue weighted by atomic mass is 16.3. The largest absolute Gasteiger partial charge is 0.396 e. The van der Waals surface area contributed by atoms with Crippen molar-refractivity contribution in [1.29, 1.82) is 0 Å². The molecule has 9 heteroatoms. The molecule has 0 amide bonds. The van der Waals surface area contributed by atoms with Crippen molar-refractivity contribution < 1.29 is 5.11 Å². The molecule has 4 rings (SSSR count). The summed E-state index contributed by atoms with van der Waals surface area (Å²) >= 11 is 0. The summed E-state index contributed by atoms with van der Waals surface area (Å²) in [4.78, 5) is 8.76. The third kappa shape index (κ3) is 3.20. The lowest BCUT2D eigenvalue weighted by Crippen LogP contribution is -2.08. The number of nitrogen functional groups attached to an aromatic ring is 1. The zero-order valence-electron chi connectivity index (χ0n) is 13.9. The van der Waals surface area contributed by atoms with Gasteiger partial charge in [0.05, 0.1) is 43.0 Å². The molecular formula is C17H18N8O. The van der Waals surface area contributed by atoms with Gasteiger partial charge in [0.15, 0.2) is 5.65 Å². The molecule has 9 nitrogen and oxygen atoms in total. The minimum Gasteiger partial charge on any atom is -0.396 e. The van der Waals surface area contributed by atoms with Gasteiger partial charge in [-0.3, -0.25) is 4.68 Å². The molecule has 0 spiro atoms. The maximum absolute atomic E-state index is 9.00. The Morgan fingerprint density at radius 2 is 2.12 bits per heavy atom. The number of nitrogens with zero attached hydrogens (tertiary/aromatic N) is 6. The second-order valence-corrected chi connectivity index (χ2v) is 5.76. The van der Waals surface area contributed by atoms with E-state index < -0.39 is 0 Å². The van der Waals surface area contributed by atoms with Crippen molar-refractivity contribution in [3.8, 4) is 11.3 Å². The van der Waals surface area contributed by atoms with Gasteiger partial charge in [0.1, 0.15) is 5.82 Å². The van der Waals surface area contributed by atoms with Gasteiger partial charge in [0, 0.05) is 24.2 Å². The number of aliphatic hydroxyl groups excluding tert-OH is 1. The predicted molar refractivity (Wildman–Crippen MR) is 97.3 cm³/mol. The minimum atomic E-state index is 0.0390. The van der Waals surface area contributed by atoms with Crippen LogP contribution in [0.15, 0.2) is 49.1 Å². The van der Waals surface area contributed by atoms with Crippen molar-refractivity contribution in [3.05, 3.63) is 54.7 Å². The van der Waals surface area contributed by atoms with Crippen molar-refractivity contribution in [3.63, 3.8) is 0 Å². The lowest BCUT2D eigenvalue weighted by molar-refractivity contribution is 0.269. The molecule has 0 fully saturated rings. The van der Waals surface area contributed by atoms with E-state index in [9.17, 15) is 0 Å². The second kappa shape index (κ2) is 6.81. The molecule has 0 saturated heterocycles. The van der Waals surface area contributed by atoms with Gasteiger partial charge in [0.2, 0.25) is 0 Å². The molecule has 4 heterocycles. The number of imidazole rings is 1. The molecule has 4 aromatic rings. The Morgan fingerprint density at radius 3 is 3.00 bits per heavy atom. The Balaban J connectivity index is 1.53. The fourth-order valence-corrected chi connectivity index (χ4v) is 2.62.